The Kier molecular flexibility index (Phi) is 11.3. The Labute approximate surface area is 153 Å². The summed E-state index contributed by atoms with van der Waals surface area (Å²) < 4.78 is 5.93. The van der Waals surface area contributed by atoms with Crippen molar-refractivity contribution >= 4 is 29.9 Å². The van der Waals surface area contributed by atoms with Gasteiger partial charge in [-0.15, -0.1) is 24.0 Å². The fourth-order valence-corrected chi connectivity index (χ4v) is 2.99. The van der Waals surface area contributed by atoms with Crippen molar-refractivity contribution < 1.29 is 4.74 Å². The molecule has 2 saturated carbocycles. The topological polar surface area (TPSA) is 45.7 Å². The first-order valence-corrected chi connectivity index (χ1v) is 8.94. The van der Waals surface area contributed by atoms with Crippen molar-refractivity contribution in [3.8, 4) is 0 Å². The lowest BCUT2D eigenvalue weighted by Crippen LogP contribution is -2.38. The molecule has 2 aliphatic carbocycles. The number of halogens is 1. The Hall–Kier alpha value is -0.0400. The summed E-state index contributed by atoms with van der Waals surface area (Å²) in [6, 6.07) is 0. The molecule has 4 nitrogen and oxygen atoms in total. The van der Waals surface area contributed by atoms with Crippen molar-refractivity contribution in [2.24, 2.45) is 10.9 Å². The lowest BCUT2D eigenvalue weighted by atomic mass is 9.98. The molecule has 0 aromatic heterocycles. The van der Waals surface area contributed by atoms with E-state index in [1.165, 1.54) is 57.8 Å². The lowest BCUT2D eigenvalue weighted by Gasteiger charge is -2.22. The summed E-state index contributed by atoms with van der Waals surface area (Å²) in [5.74, 6) is 1.96. The maximum Gasteiger partial charge on any atom is 0.190 e. The van der Waals surface area contributed by atoms with Crippen LogP contribution in [0.25, 0.3) is 0 Å². The van der Waals surface area contributed by atoms with E-state index < -0.39 is 0 Å². The molecule has 22 heavy (non-hydrogen) atoms. The van der Waals surface area contributed by atoms with Gasteiger partial charge in [0.15, 0.2) is 5.96 Å². The maximum absolute atomic E-state index is 5.93. The van der Waals surface area contributed by atoms with E-state index in [-0.39, 0.29) is 24.0 Å². The highest BCUT2D eigenvalue weighted by atomic mass is 127. The van der Waals surface area contributed by atoms with Crippen LogP contribution in [-0.4, -0.2) is 38.8 Å². The first-order valence-electron chi connectivity index (χ1n) is 8.94. The van der Waals surface area contributed by atoms with E-state index in [1.54, 1.807) is 0 Å². The van der Waals surface area contributed by atoms with E-state index in [0.29, 0.717) is 6.10 Å². The van der Waals surface area contributed by atoms with Crippen molar-refractivity contribution in [2.45, 2.75) is 70.3 Å². The van der Waals surface area contributed by atoms with E-state index in [0.717, 1.165) is 38.0 Å². The molecule has 2 aliphatic rings. The fourth-order valence-electron chi connectivity index (χ4n) is 2.99. The number of hydrogen-bond acceptors (Lipinski definition) is 2. The zero-order valence-electron chi connectivity index (χ0n) is 14.1. The first-order chi connectivity index (χ1) is 10.4. The second-order valence-corrected chi connectivity index (χ2v) is 6.50. The molecule has 5 heteroatoms. The minimum Gasteiger partial charge on any atom is -0.378 e. The summed E-state index contributed by atoms with van der Waals surface area (Å²) in [6.07, 6.45) is 13.7. The van der Waals surface area contributed by atoms with E-state index in [9.17, 15) is 0 Å². The van der Waals surface area contributed by atoms with Crippen LogP contribution in [0, 0.1) is 5.92 Å². The molecule has 0 atom stereocenters. The van der Waals surface area contributed by atoms with Crippen LogP contribution in [0.3, 0.4) is 0 Å². The van der Waals surface area contributed by atoms with Gasteiger partial charge in [0.05, 0.1) is 6.10 Å². The third kappa shape index (κ3) is 9.18. The largest absolute Gasteiger partial charge is 0.378 e. The predicted octanol–water partition coefficient (Wildman–Crippen LogP) is 3.70. The van der Waals surface area contributed by atoms with E-state index >= 15 is 0 Å². The van der Waals surface area contributed by atoms with Crippen LogP contribution in [0.2, 0.25) is 0 Å². The Balaban J connectivity index is 0.00000242. The number of nitrogens with one attached hydrogen (secondary N) is 2. The van der Waals surface area contributed by atoms with Crippen LogP contribution in [0.1, 0.15) is 64.2 Å². The van der Waals surface area contributed by atoms with Crippen molar-refractivity contribution in [3.63, 3.8) is 0 Å². The van der Waals surface area contributed by atoms with Gasteiger partial charge < -0.3 is 15.4 Å². The molecule has 0 bridgehead atoms. The van der Waals surface area contributed by atoms with Crippen LogP contribution in [0.4, 0.5) is 0 Å². The molecule has 2 fully saturated rings. The van der Waals surface area contributed by atoms with Gasteiger partial charge in [-0.1, -0.05) is 32.1 Å². The standard InChI is InChI=1S/C17H33N3O.HI/c1-18-17(19-12-5-7-15-10-11-15)20-13-6-14-21-16-8-3-2-4-9-16;/h15-16H,2-14H2,1H3,(H2,18,19,20);1H. The van der Waals surface area contributed by atoms with Crippen LogP contribution in [-0.2, 0) is 4.74 Å². The average molecular weight is 423 g/mol. The van der Waals surface area contributed by atoms with E-state index in [4.69, 9.17) is 4.74 Å². The minimum atomic E-state index is 0. The second-order valence-electron chi connectivity index (χ2n) is 6.50. The molecular weight excluding hydrogens is 389 g/mol. The van der Waals surface area contributed by atoms with Crippen molar-refractivity contribution in [1.82, 2.24) is 10.6 Å². The van der Waals surface area contributed by atoms with Crippen LogP contribution >= 0.6 is 24.0 Å². The van der Waals surface area contributed by atoms with Crippen molar-refractivity contribution in [3.05, 3.63) is 0 Å². The minimum absolute atomic E-state index is 0. The summed E-state index contributed by atoms with van der Waals surface area (Å²) in [7, 11) is 1.84. The van der Waals surface area contributed by atoms with Gasteiger partial charge in [-0.25, -0.2) is 0 Å². The molecule has 0 radical (unpaired) electrons. The highest BCUT2D eigenvalue weighted by Gasteiger charge is 2.19. The summed E-state index contributed by atoms with van der Waals surface area (Å²) in [5, 5.41) is 6.76. The molecule has 2 rings (SSSR count). The summed E-state index contributed by atoms with van der Waals surface area (Å²) in [4.78, 5) is 4.26. The number of ether oxygens (including phenoxy) is 1. The maximum atomic E-state index is 5.93. The monoisotopic (exact) mass is 423 g/mol. The third-order valence-corrected chi connectivity index (χ3v) is 4.52. The Morgan fingerprint density at radius 2 is 1.68 bits per heavy atom. The van der Waals surface area contributed by atoms with Crippen molar-refractivity contribution in [2.75, 3.05) is 26.7 Å². The van der Waals surface area contributed by atoms with Crippen LogP contribution < -0.4 is 10.6 Å². The quantitative estimate of drug-likeness (QED) is 0.257. The fraction of sp³-hybridized carbons (Fsp3) is 0.941. The van der Waals surface area contributed by atoms with Gasteiger partial charge in [-0.05, 0) is 38.0 Å². The van der Waals surface area contributed by atoms with Crippen molar-refractivity contribution in [1.29, 1.82) is 0 Å². The molecular formula is C17H34IN3O. The Bertz CT molecular complexity index is 302. The molecule has 0 amide bonds. The molecule has 130 valence electrons. The zero-order chi connectivity index (χ0) is 14.8. The molecule has 2 N–H and O–H groups in total. The summed E-state index contributed by atoms with van der Waals surface area (Å²) in [5.41, 5.74) is 0. The molecule has 0 unspecified atom stereocenters. The summed E-state index contributed by atoms with van der Waals surface area (Å²) in [6.45, 7) is 2.85. The van der Waals surface area contributed by atoms with Crippen LogP contribution in [0.15, 0.2) is 4.99 Å². The van der Waals surface area contributed by atoms with Gasteiger partial charge >= 0.3 is 0 Å². The van der Waals surface area contributed by atoms with Gasteiger partial charge in [0, 0.05) is 26.7 Å². The number of aliphatic imine (C=N–C) groups is 1. The Morgan fingerprint density at radius 1 is 1.00 bits per heavy atom. The molecule has 0 aromatic rings. The highest BCUT2D eigenvalue weighted by molar-refractivity contribution is 14.0. The van der Waals surface area contributed by atoms with Gasteiger partial charge in [-0.3, -0.25) is 4.99 Å². The third-order valence-electron chi connectivity index (χ3n) is 4.52. The number of rotatable bonds is 9. The SMILES string of the molecule is CN=C(NCCCOC1CCCCC1)NCCCC1CC1.I. The smallest absolute Gasteiger partial charge is 0.190 e. The first kappa shape index (κ1) is 20.0. The number of guanidine groups is 1. The predicted molar refractivity (Wildman–Crippen MR) is 104 cm³/mol. The Morgan fingerprint density at radius 3 is 2.32 bits per heavy atom. The molecule has 0 heterocycles. The summed E-state index contributed by atoms with van der Waals surface area (Å²) >= 11 is 0. The molecule has 0 aromatic carbocycles. The highest BCUT2D eigenvalue weighted by Crippen LogP contribution is 2.33. The van der Waals surface area contributed by atoms with Gasteiger partial charge in [-0.2, -0.15) is 0 Å². The van der Waals surface area contributed by atoms with E-state index in [2.05, 4.69) is 15.6 Å². The average Bonchev–Trinajstić information content (AvgIpc) is 3.34. The molecule has 0 spiro atoms. The second kappa shape index (κ2) is 12.4. The van der Waals surface area contributed by atoms with Crippen LogP contribution in [0.5, 0.6) is 0 Å². The van der Waals surface area contributed by atoms with Gasteiger partial charge in [0.2, 0.25) is 0 Å². The molecule has 0 aliphatic heterocycles. The van der Waals surface area contributed by atoms with Gasteiger partial charge in [0.1, 0.15) is 0 Å². The normalized spacial score (nSPS) is 19.6. The lowest BCUT2D eigenvalue weighted by molar-refractivity contribution is 0.0277. The number of hydrogen-bond donors (Lipinski definition) is 2. The zero-order valence-corrected chi connectivity index (χ0v) is 16.4. The molecule has 0 saturated heterocycles. The number of nitrogens with zero attached hydrogens (tertiary/aromatic N) is 1. The van der Waals surface area contributed by atoms with Gasteiger partial charge in [0.25, 0.3) is 0 Å². The van der Waals surface area contributed by atoms with E-state index in [1.807, 2.05) is 7.05 Å².